The number of unbranched alkanes of at least 4 members (excludes halogenated alkanes) is 3. The number of aliphatic hydroxyl groups is 2. The Labute approximate surface area is 169 Å². The van der Waals surface area contributed by atoms with Crippen LogP contribution in [0.25, 0.3) is 0 Å². The molecule has 2 aliphatic rings. The minimum absolute atomic E-state index is 0.00721. The fourth-order valence-electron chi connectivity index (χ4n) is 4.91. The lowest BCUT2D eigenvalue weighted by Crippen LogP contribution is -2.40. The number of carboxylic acids is 1. The highest BCUT2D eigenvalue weighted by atomic mass is 35.5. The van der Waals surface area contributed by atoms with Crippen LogP contribution in [0.5, 0.6) is 0 Å². The molecule has 0 aromatic rings. The van der Waals surface area contributed by atoms with Crippen LogP contribution in [0.15, 0.2) is 12.2 Å². The van der Waals surface area contributed by atoms with E-state index in [1.165, 1.54) is 6.42 Å². The standard InChI is InChI=1S/C22H37ClO4/c1-2-22(13-8-14-22)20(25)11-7-10-17-16(18(23)15-19(17)24)9-5-3-4-6-12-21(26)27/h7,10,16-20,24-25H,2-6,8-9,11-15H2,1H3,(H,26,27)/t16-,17-,18?,19?,20?/m1/s1. The molecule has 0 radical (unpaired) electrons. The molecule has 2 saturated carbocycles. The normalized spacial score (nSPS) is 31.1. The van der Waals surface area contributed by atoms with Crippen LogP contribution in [0.3, 0.4) is 0 Å². The topological polar surface area (TPSA) is 77.8 Å². The highest BCUT2D eigenvalue weighted by Crippen LogP contribution is 2.48. The van der Waals surface area contributed by atoms with Gasteiger partial charge in [-0.25, -0.2) is 0 Å². The van der Waals surface area contributed by atoms with Crippen LogP contribution in [0.4, 0.5) is 0 Å². The third kappa shape index (κ3) is 6.20. The van der Waals surface area contributed by atoms with Crippen molar-refractivity contribution in [3.05, 3.63) is 12.2 Å². The van der Waals surface area contributed by atoms with Crippen molar-refractivity contribution >= 4 is 17.6 Å². The first-order valence-electron chi connectivity index (χ1n) is 10.8. The van der Waals surface area contributed by atoms with Gasteiger partial charge < -0.3 is 15.3 Å². The van der Waals surface area contributed by atoms with Crippen molar-refractivity contribution in [3.63, 3.8) is 0 Å². The number of halogens is 1. The highest BCUT2D eigenvalue weighted by Gasteiger charge is 2.42. The largest absolute Gasteiger partial charge is 0.481 e. The summed E-state index contributed by atoms with van der Waals surface area (Å²) in [5, 5.41) is 29.6. The molecule has 5 atom stereocenters. The van der Waals surface area contributed by atoms with Gasteiger partial charge in [0.15, 0.2) is 0 Å². The Bertz CT molecular complexity index is 483. The molecule has 2 fully saturated rings. The first-order chi connectivity index (χ1) is 12.9. The highest BCUT2D eigenvalue weighted by molar-refractivity contribution is 6.21. The fraction of sp³-hybridized carbons (Fsp3) is 0.864. The fourth-order valence-corrected chi connectivity index (χ4v) is 5.39. The van der Waals surface area contributed by atoms with Gasteiger partial charge in [-0.2, -0.15) is 0 Å². The van der Waals surface area contributed by atoms with E-state index in [0.29, 0.717) is 12.8 Å². The van der Waals surface area contributed by atoms with E-state index in [4.69, 9.17) is 16.7 Å². The predicted octanol–water partition coefficient (Wildman–Crippen LogP) is 4.90. The van der Waals surface area contributed by atoms with Crippen LogP contribution >= 0.6 is 11.6 Å². The summed E-state index contributed by atoms with van der Waals surface area (Å²) in [7, 11) is 0. The van der Waals surface area contributed by atoms with E-state index in [0.717, 1.165) is 51.4 Å². The summed E-state index contributed by atoms with van der Waals surface area (Å²) >= 11 is 6.50. The second kappa shape index (κ2) is 10.8. The number of carboxylic acid groups (broad SMARTS) is 1. The van der Waals surface area contributed by atoms with Gasteiger partial charge in [-0.1, -0.05) is 44.8 Å². The first-order valence-corrected chi connectivity index (χ1v) is 11.2. The Morgan fingerprint density at radius 2 is 1.96 bits per heavy atom. The SMILES string of the molecule is CCC1(C(O)CC=C[C@H]2C(O)CC(Cl)[C@@H]2CCCCCCC(=O)O)CCC1. The van der Waals surface area contributed by atoms with Crippen LogP contribution in [0.1, 0.15) is 84.0 Å². The van der Waals surface area contributed by atoms with E-state index < -0.39 is 12.1 Å². The number of alkyl halides is 1. The van der Waals surface area contributed by atoms with Crippen LogP contribution in [0, 0.1) is 17.3 Å². The first kappa shape index (κ1) is 22.7. The number of hydrogen-bond acceptors (Lipinski definition) is 3. The van der Waals surface area contributed by atoms with Gasteiger partial charge >= 0.3 is 5.97 Å². The zero-order valence-electron chi connectivity index (χ0n) is 16.7. The quantitative estimate of drug-likeness (QED) is 0.247. The zero-order valence-corrected chi connectivity index (χ0v) is 17.4. The maximum atomic E-state index is 10.6. The molecule has 156 valence electrons. The minimum Gasteiger partial charge on any atom is -0.481 e. The third-order valence-electron chi connectivity index (χ3n) is 7.03. The number of aliphatic carboxylic acids is 1. The molecule has 0 aromatic heterocycles. The van der Waals surface area contributed by atoms with Crippen LogP contribution in [0.2, 0.25) is 0 Å². The molecule has 27 heavy (non-hydrogen) atoms. The number of aliphatic hydroxyl groups excluding tert-OH is 2. The maximum Gasteiger partial charge on any atom is 0.303 e. The van der Waals surface area contributed by atoms with Crippen molar-refractivity contribution < 1.29 is 20.1 Å². The van der Waals surface area contributed by atoms with Crippen LogP contribution in [-0.4, -0.2) is 38.9 Å². The van der Waals surface area contributed by atoms with E-state index in [1.807, 2.05) is 0 Å². The summed E-state index contributed by atoms with van der Waals surface area (Å²) < 4.78 is 0. The van der Waals surface area contributed by atoms with E-state index >= 15 is 0 Å². The van der Waals surface area contributed by atoms with Gasteiger partial charge in [0.2, 0.25) is 0 Å². The lowest BCUT2D eigenvalue weighted by Gasteiger charge is -2.45. The summed E-state index contributed by atoms with van der Waals surface area (Å²) in [6, 6.07) is 0. The monoisotopic (exact) mass is 400 g/mol. The van der Waals surface area contributed by atoms with Crippen molar-refractivity contribution in [2.75, 3.05) is 0 Å². The minimum atomic E-state index is -0.728. The summed E-state index contributed by atoms with van der Waals surface area (Å²) in [6.45, 7) is 2.16. The van der Waals surface area contributed by atoms with E-state index in [2.05, 4.69) is 19.1 Å². The molecule has 0 saturated heterocycles. The van der Waals surface area contributed by atoms with Crippen molar-refractivity contribution in [2.45, 2.75) is 102 Å². The molecule has 0 aromatic carbocycles. The number of hydrogen-bond donors (Lipinski definition) is 3. The average molecular weight is 401 g/mol. The molecular formula is C22H37ClO4. The Morgan fingerprint density at radius 1 is 1.26 bits per heavy atom. The second-order valence-electron chi connectivity index (χ2n) is 8.66. The second-order valence-corrected chi connectivity index (χ2v) is 9.22. The van der Waals surface area contributed by atoms with Gasteiger partial charge in [0.25, 0.3) is 0 Å². The molecule has 2 rings (SSSR count). The molecule has 2 aliphatic carbocycles. The van der Waals surface area contributed by atoms with Gasteiger partial charge in [0.1, 0.15) is 0 Å². The van der Waals surface area contributed by atoms with Gasteiger partial charge in [-0.05, 0) is 56.3 Å². The van der Waals surface area contributed by atoms with Crippen molar-refractivity contribution in [1.82, 2.24) is 0 Å². The molecule has 3 unspecified atom stereocenters. The molecule has 3 N–H and O–H groups in total. The van der Waals surface area contributed by atoms with Crippen molar-refractivity contribution in [1.29, 1.82) is 0 Å². The lowest BCUT2D eigenvalue weighted by atomic mass is 9.63. The zero-order chi connectivity index (χ0) is 19.9. The van der Waals surface area contributed by atoms with Gasteiger partial charge in [0.05, 0.1) is 12.2 Å². The molecule has 0 bridgehead atoms. The molecule has 0 aliphatic heterocycles. The predicted molar refractivity (Wildman–Crippen MR) is 109 cm³/mol. The van der Waals surface area contributed by atoms with Gasteiger partial charge in [-0.15, -0.1) is 11.6 Å². The smallest absolute Gasteiger partial charge is 0.303 e. The lowest BCUT2D eigenvalue weighted by molar-refractivity contribution is -0.137. The summed E-state index contributed by atoms with van der Waals surface area (Å²) in [5.74, 6) is -0.398. The van der Waals surface area contributed by atoms with Gasteiger partial charge in [-0.3, -0.25) is 4.79 Å². The Kier molecular flexibility index (Phi) is 9.10. The molecule has 5 heteroatoms. The third-order valence-corrected chi connectivity index (χ3v) is 7.53. The summed E-state index contributed by atoms with van der Waals surface area (Å²) in [6.07, 6.45) is 14.1. The van der Waals surface area contributed by atoms with Crippen LogP contribution < -0.4 is 0 Å². The maximum absolute atomic E-state index is 10.6. The number of carbonyl (C=O) groups is 1. The Hall–Kier alpha value is -0.580. The van der Waals surface area contributed by atoms with Gasteiger partial charge in [0, 0.05) is 17.7 Å². The van der Waals surface area contributed by atoms with E-state index in [1.54, 1.807) is 0 Å². The van der Waals surface area contributed by atoms with Crippen LogP contribution in [-0.2, 0) is 4.79 Å². The van der Waals surface area contributed by atoms with E-state index in [-0.39, 0.29) is 35.2 Å². The molecule has 4 nitrogen and oxygen atoms in total. The molecule has 0 amide bonds. The van der Waals surface area contributed by atoms with Crippen molar-refractivity contribution in [2.24, 2.45) is 17.3 Å². The number of rotatable bonds is 12. The summed E-state index contributed by atoms with van der Waals surface area (Å²) in [4.78, 5) is 10.5. The molecular weight excluding hydrogens is 364 g/mol. The summed E-state index contributed by atoms with van der Waals surface area (Å²) in [5.41, 5.74) is 0.114. The Morgan fingerprint density at radius 3 is 2.56 bits per heavy atom. The molecule has 0 heterocycles. The van der Waals surface area contributed by atoms with E-state index in [9.17, 15) is 15.0 Å². The molecule has 0 spiro atoms. The average Bonchev–Trinajstić information content (AvgIpc) is 2.84. The Balaban J connectivity index is 1.77. The van der Waals surface area contributed by atoms with Crippen molar-refractivity contribution in [3.8, 4) is 0 Å².